The topological polar surface area (TPSA) is 72.2 Å². The van der Waals surface area contributed by atoms with Crippen LogP contribution in [0.4, 0.5) is 0 Å². The Labute approximate surface area is 66.2 Å². The molecule has 1 saturated carbocycles. The van der Waals surface area contributed by atoms with Crippen LogP contribution in [-0.4, -0.2) is 19.3 Å². The lowest BCUT2D eigenvalue weighted by Crippen LogP contribution is -2.70. The smallest absolute Gasteiger partial charge is 0.225 e. The normalized spacial score (nSPS) is 34.5. The summed E-state index contributed by atoms with van der Waals surface area (Å²) in [6.07, 6.45) is 4.15. The molecule has 1 saturated heterocycles. The van der Waals surface area contributed by atoms with Crippen molar-refractivity contribution in [2.45, 2.75) is 36.6 Å². The summed E-state index contributed by atoms with van der Waals surface area (Å²) in [5.41, 5.74) is 0.164. The lowest BCUT2D eigenvalue weighted by atomic mass is 9.70. The fraction of sp³-hybridized carbons (Fsp3) is 1.00. The number of primary sulfonamides is 1. The summed E-state index contributed by atoms with van der Waals surface area (Å²) in [6.45, 7) is 0. The summed E-state index contributed by atoms with van der Waals surface area (Å²) < 4.78 is 21.5. The summed E-state index contributed by atoms with van der Waals surface area (Å²) in [4.78, 5) is 0. The Morgan fingerprint density at radius 2 is 2.00 bits per heavy atom. The fourth-order valence-corrected chi connectivity index (χ4v) is 2.79. The van der Waals surface area contributed by atoms with Crippen molar-refractivity contribution in [1.29, 1.82) is 0 Å². The maximum absolute atomic E-state index is 10.8. The minimum Gasteiger partial charge on any atom is -0.294 e. The summed E-state index contributed by atoms with van der Waals surface area (Å²) >= 11 is 0. The number of hydrogen-bond donors (Lipinski definition) is 2. The highest BCUT2D eigenvalue weighted by Gasteiger charge is 2.51. The molecule has 0 amide bonds. The number of nitrogens with two attached hydrogens (primary N) is 1. The van der Waals surface area contributed by atoms with Gasteiger partial charge in [0.25, 0.3) is 0 Å². The molecule has 11 heavy (non-hydrogen) atoms. The van der Waals surface area contributed by atoms with E-state index in [2.05, 4.69) is 5.32 Å². The Morgan fingerprint density at radius 1 is 1.45 bits per heavy atom. The van der Waals surface area contributed by atoms with E-state index in [0.717, 1.165) is 12.8 Å². The molecule has 1 unspecified atom stereocenters. The monoisotopic (exact) mass is 176 g/mol. The molecule has 0 aromatic rings. The van der Waals surface area contributed by atoms with Crippen molar-refractivity contribution in [2.75, 3.05) is 0 Å². The summed E-state index contributed by atoms with van der Waals surface area (Å²) in [5.74, 6) is 0. The molecule has 1 spiro atoms. The average Bonchev–Trinajstić information content (AvgIpc) is 1.49. The zero-order valence-electron chi connectivity index (χ0n) is 6.21. The van der Waals surface area contributed by atoms with Crippen molar-refractivity contribution < 1.29 is 8.42 Å². The number of hydrogen-bond acceptors (Lipinski definition) is 3. The lowest BCUT2D eigenvalue weighted by molar-refractivity contribution is 0.0830. The second kappa shape index (κ2) is 1.97. The first kappa shape index (κ1) is 7.52. The number of nitrogens with one attached hydrogen (secondary N) is 1. The van der Waals surface area contributed by atoms with Crippen LogP contribution in [0.1, 0.15) is 25.7 Å². The summed E-state index contributed by atoms with van der Waals surface area (Å²) in [7, 11) is -3.32. The number of sulfonamides is 1. The molecule has 1 heterocycles. The molecule has 0 aromatic heterocycles. The van der Waals surface area contributed by atoms with Crippen LogP contribution in [-0.2, 0) is 10.0 Å². The molecule has 1 atom stereocenters. The van der Waals surface area contributed by atoms with E-state index < -0.39 is 15.4 Å². The third-order valence-electron chi connectivity index (χ3n) is 2.75. The van der Waals surface area contributed by atoms with E-state index in [-0.39, 0.29) is 5.54 Å². The minimum atomic E-state index is -3.32. The highest BCUT2D eigenvalue weighted by Crippen LogP contribution is 2.43. The van der Waals surface area contributed by atoms with Crippen LogP contribution in [0, 0.1) is 0 Å². The van der Waals surface area contributed by atoms with Gasteiger partial charge in [0, 0.05) is 5.54 Å². The van der Waals surface area contributed by atoms with Crippen LogP contribution in [0.25, 0.3) is 0 Å². The van der Waals surface area contributed by atoms with Gasteiger partial charge in [0.05, 0.1) is 0 Å². The van der Waals surface area contributed by atoms with Gasteiger partial charge in [-0.05, 0) is 25.7 Å². The molecular weight excluding hydrogens is 164 g/mol. The molecule has 1 aliphatic carbocycles. The maximum Gasteiger partial charge on any atom is 0.225 e. The standard InChI is InChI=1S/C6H12N2O2S/c7-11(9,10)5-4-6(8-5)2-1-3-6/h5,8H,1-4H2,(H2,7,9,10). The Bertz CT molecular complexity index is 260. The van der Waals surface area contributed by atoms with E-state index in [4.69, 9.17) is 5.14 Å². The van der Waals surface area contributed by atoms with Crippen LogP contribution in [0.3, 0.4) is 0 Å². The first-order valence-corrected chi connectivity index (χ1v) is 5.42. The van der Waals surface area contributed by atoms with Crippen LogP contribution >= 0.6 is 0 Å². The van der Waals surface area contributed by atoms with Crippen molar-refractivity contribution >= 4 is 10.0 Å². The average molecular weight is 176 g/mol. The SMILES string of the molecule is NS(=O)(=O)C1CC2(CCC2)N1. The van der Waals surface area contributed by atoms with Gasteiger partial charge in [-0.1, -0.05) is 0 Å². The second-order valence-electron chi connectivity index (χ2n) is 3.56. The van der Waals surface area contributed by atoms with Gasteiger partial charge in [-0.15, -0.1) is 0 Å². The largest absolute Gasteiger partial charge is 0.294 e. The lowest BCUT2D eigenvalue weighted by Gasteiger charge is -2.54. The summed E-state index contributed by atoms with van der Waals surface area (Å²) in [5, 5.41) is 7.50. The van der Waals surface area contributed by atoms with E-state index in [0.29, 0.717) is 6.42 Å². The third kappa shape index (κ3) is 1.07. The fourth-order valence-electron chi connectivity index (χ4n) is 1.83. The van der Waals surface area contributed by atoms with Crippen molar-refractivity contribution in [2.24, 2.45) is 5.14 Å². The van der Waals surface area contributed by atoms with Crippen molar-refractivity contribution in [1.82, 2.24) is 5.32 Å². The van der Waals surface area contributed by atoms with Crippen LogP contribution < -0.4 is 10.5 Å². The number of rotatable bonds is 1. The van der Waals surface area contributed by atoms with Gasteiger partial charge in [0.15, 0.2) is 0 Å². The van der Waals surface area contributed by atoms with Crippen molar-refractivity contribution in [3.05, 3.63) is 0 Å². The molecule has 0 aromatic carbocycles. The highest BCUT2D eigenvalue weighted by atomic mass is 32.2. The molecule has 3 N–H and O–H groups in total. The molecule has 64 valence electrons. The van der Waals surface area contributed by atoms with Crippen molar-refractivity contribution in [3.63, 3.8) is 0 Å². The van der Waals surface area contributed by atoms with Gasteiger partial charge in [-0.25, -0.2) is 13.6 Å². The van der Waals surface area contributed by atoms with Gasteiger partial charge in [0.1, 0.15) is 5.37 Å². The Kier molecular flexibility index (Phi) is 1.34. The quantitative estimate of drug-likeness (QED) is 0.566. The minimum absolute atomic E-state index is 0.164. The van der Waals surface area contributed by atoms with Crippen LogP contribution in [0.2, 0.25) is 0 Å². The zero-order chi connectivity index (χ0) is 8.11. The zero-order valence-corrected chi connectivity index (χ0v) is 7.02. The van der Waals surface area contributed by atoms with Gasteiger partial charge >= 0.3 is 0 Å². The molecule has 5 heteroatoms. The molecule has 0 radical (unpaired) electrons. The first-order chi connectivity index (χ1) is 5.02. The van der Waals surface area contributed by atoms with Gasteiger partial charge in [0.2, 0.25) is 10.0 Å². The van der Waals surface area contributed by atoms with Crippen LogP contribution in [0.15, 0.2) is 0 Å². The van der Waals surface area contributed by atoms with E-state index in [1.165, 1.54) is 6.42 Å². The van der Waals surface area contributed by atoms with Gasteiger partial charge in [-0.2, -0.15) is 0 Å². The van der Waals surface area contributed by atoms with E-state index >= 15 is 0 Å². The van der Waals surface area contributed by atoms with Gasteiger partial charge in [-0.3, -0.25) is 5.32 Å². The third-order valence-corrected chi connectivity index (χ3v) is 3.83. The molecule has 2 fully saturated rings. The Balaban J connectivity index is 1.98. The molecule has 4 nitrogen and oxygen atoms in total. The van der Waals surface area contributed by atoms with Crippen molar-refractivity contribution in [3.8, 4) is 0 Å². The molecular formula is C6H12N2O2S. The predicted octanol–water partition coefficient (Wildman–Crippen LogP) is -0.483. The van der Waals surface area contributed by atoms with E-state index in [9.17, 15) is 8.42 Å². The Morgan fingerprint density at radius 3 is 2.27 bits per heavy atom. The van der Waals surface area contributed by atoms with Crippen LogP contribution in [0.5, 0.6) is 0 Å². The predicted molar refractivity (Wildman–Crippen MR) is 41.2 cm³/mol. The van der Waals surface area contributed by atoms with E-state index in [1.807, 2.05) is 0 Å². The maximum atomic E-state index is 10.8. The van der Waals surface area contributed by atoms with Gasteiger partial charge < -0.3 is 0 Å². The van der Waals surface area contributed by atoms with E-state index in [1.54, 1.807) is 0 Å². The molecule has 0 bridgehead atoms. The highest BCUT2D eigenvalue weighted by molar-refractivity contribution is 7.89. The second-order valence-corrected chi connectivity index (χ2v) is 5.31. The molecule has 2 aliphatic rings. The first-order valence-electron chi connectivity index (χ1n) is 3.81. The Hall–Kier alpha value is -0.130. The summed E-state index contributed by atoms with van der Waals surface area (Å²) in [6, 6.07) is 0. The molecule has 1 aliphatic heterocycles. The molecule has 2 rings (SSSR count).